The number of nitrogens with one attached hydrogen (secondary N) is 1. The molecule has 1 heterocycles. The number of aromatic nitrogens is 1. The van der Waals surface area contributed by atoms with Crippen LogP contribution in [0.4, 0.5) is 0 Å². The number of methoxy groups -OCH3 is 1. The lowest BCUT2D eigenvalue weighted by molar-refractivity contribution is -0.120. The molecule has 0 unspecified atom stereocenters. The van der Waals surface area contributed by atoms with Crippen molar-refractivity contribution >= 4 is 11.8 Å². The number of carbonyl (C=O) groups excluding carboxylic acids is 2. The average molecular weight is 315 g/mol. The van der Waals surface area contributed by atoms with Crippen LogP contribution in [0.1, 0.15) is 16.9 Å². The number of primary amides is 1. The number of nitrogens with zero attached hydrogens (tertiary/aromatic N) is 1. The Labute approximate surface area is 135 Å². The standard InChI is InChI=1S/C17H21N3O3/c1-20-14(12-6-4-3-5-7-12)8-9-15(20)17(22)19-13(16(18)21)10-11-23-2/h3-9,13H,10-11H2,1-2H3,(H2,18,21)(H,19,22)/t13-/m1/s1. The minimum absolute atomic E-state index is 0.338. The zero-order chi connectivity index (χ0) is 16.8. The second-order valence-electron chi connectivity index (χ2n) is 5.24. The largest absolute Gasteiger partial charge is 0.385 e. The molecule has 0 saturated carbocycles. The Morgan fingerprint density at radius 3 is 2.52 bits per heavy atom. The smallest absolute Gasteiger partial charge is 0.268 e. The van der Waals surface area contributed by atoms with E-state index in [1.54, 1.807) is 10.6 Å². The quantitative estimate of drug-likeness (QED) is 0.808. The van der Waals surface area contributed by atoms with Crippen LogP contribution in [-0.2, 0) is 16.6 Å². The Morgan fingerprint density at radius 2 is 1.91 bits per heavy atom. The van der Waals surface area contributed by atoms with Crippen LogP contribution in [-0.4, -0.2) is 36.1 Å². The van der Waals surface area contributed by atoms with E-state index in [1.165, 1.54) is 7.11 Å². The summed E-state index contributed by atoms with van der Waals surface area (Å²) < 4.78 is 6.72. The molecule has 0 saturated heterocycles. The van der Waals surface area contributed by atoms with Crippen LogP contribution in [0.2, 0.25) is 0 Å². The molecule has 23 heavy (non-hydrogen) atoms. The van der Waals surface area contributed by atoms with Gasteiger partial charge in [0.2, 0.25) is 5.91 Å². The molecule has 3 N–H and O–H groups in total. The van der Waals surface area contributed by atoms with Crippen molar-refractivity contribution in [2.75, 3.05) is 13.7 Å². The molecule has 6 nitrogen and oxygen atoms in total. The van der Waals surface area contributed by atoms with E-state index in [2.05, 4.69) is 5.32 Å². The average Bonchev–Trinajstić information content (AvgIpc) is 2.93. The van der Waals surface area contributed by atoms with E-state index in [9.17, 15) is 9.59 Å². The number of benzene rings is 1. The van der Waals surface area contributed by atoms with Gasteiger partial charge < -0.3 is 20.4 Å². The van der Waals surface area contributed by atoms with Gasteiger partial charge in [0.1, 0.15) is 11.7 Å². The van der Waals surface area contributed by atoms with E-state index >= 15 is 0 Å². The first kappa shape index (κ1) is 16.8. The lowest BCUT2D eigenvalue weighted by Crippen LogP contribution is -2.45. The molecule has 1 atom stereocenters. The predicted molar refractivity (Wildman–Crippen MR) is 87.8 cm³/mol. The van der Waals surface area contributed by atoms with Crippen molar-refractivity contribution in [3.8, 4) is 11.3 Å². The topological polar surface area (TPSA) is 86.3 Å². The fourth-order valence-corrected chi connectivity index (χ4v) is 2.39. The van der Waals surface area contributed by atoms with Crippen molar-refractivity contribution in [3.63, 3.8) is 0 Å². The van der Waals surface area contributed by atoms with Gasteiger partial charge in [0.15, 0.2) is 0 Å². The van der Waals surface area contributed by atoms with Crippen LogP contribution < -0.4 is 11.1 Å². The monoisotopic (exact) mass is 315 g/mol. The summed E-state index contributed by atoms with van der Waals surface area (Å²) in [6, 6.07) is 12.6. The number of carbonyl (C=O) groups is 2. The number of rotatable bonds is 7. The van der Waals surface area contributed by atoms with Crippen LogP contribution in [0, 0.1) is 0 Å². The summed E-state index contributed by atoms with van der Waals surface area (Å²) in [6.07, 6.45) is 0.341. The minimum atomic E-state index is -0.752. The maximum absolute atomic E-state index is 12.4. The number of ether oxygens (including phenoxy) is 1. The lowest BCUT2D eigenvalue weighted by Gasteiger charge is -2.15. The van der Waals surface area contributed by atoms with E-state index in [-0.39, 0.29) is 5.91 Å². The Hall–Kier alpha value is -2.60. The van der Waals surface area contributed by atoms with Gasteiger partial charge in [0, 0.05) is 26.5 Å². The van der Waals surface area contributed by atoms with Crippen molar-refractivity contribution in [1.29, 1.82) is 0 Å². The predicted octanol–water partition coefficient (Wildman–Crippen LogP) is 1.31. The summed E-state index contributed by atoms with van der Waals surface area (Å²) in [5, 5.41) is 2.66. The second-order valence-corrected chi connectivity index (χ2v) is 5.24. The summed E-state index contributed by atoms with van der Waals surface area (Å²) in [6.45, 7) is 0.344. The Morgan fingerprint density at radius 1 is 1.22 bits per heavy atom. The van der Waals surface area contributed by atoms with Gasteiger partial charge in [-0.05, 0) is 24.1 Å². The minimum Gasteiger partial charge on any atom is -0.385 e. The third kappa shape index (κ3) is 3.98. The Kier molecular flexibility index (Phi) is 5.54. The van der Waals surface area contributed by atoms with Gasteiger partial charge in [0.25, 0.3) is 5.91 Å². The molecule has 0 aliphatic heterocycles. The number of amides is 2. The highest BCUT2D eigenvalue weighted by atomic mass is 16.5. The number of nitrogens with two attached hydrogens (primary N) is 1. The first-order valence-electron chi connectivity index (χ1n) is 7.35. The summed E-state index contributed by atoms with van der Waals surface area (Å²) >= 11 is 0. The zero-order valence-electron chi connectivity index (χ0n) is 13.3. The van der Waals surface area contributed by atoms with Gasteiger partial charge in [-0.3, -0.25) is 9.59 Å². The summed E-state index contributed by atoms with van der Waals surface area (Å²) in [7, 11) is 3.34. The van der Waals surface area contributed by atoms with Crippen LogP contribution in [0.3, 0.4) is 0 Å². The van der Waals surface area contributed by atoms with Gasteiger partial charge in [-0.2, -0.15) is 0 Å². The second kappa shape index (κ2) is 7.60. The third-order valence-corrected chi connectivity index (χ3v) is 3.68. The molecule has 2 amide bonds. The number of hydrogen-bond acceptors (Lipinski definition) is 3. The molecule has 0 aliphatic rings. The molecular formula is C17H21N3O3. The summed E-state index contributed by atoms with van der Waals surface area (Å²) in [4.78, 5) is 23.8. The molecule has 0 radical (unpaired) electrons. The van der Waals surface area contributed by atoms with Crippen molar-refractivity contribution < 1.29 is 14.3 Å². The van der Waals surface area contributed by atoms with Gasteiger partial charge in [-0.25, -0.2) is 0 Å². The molecule has 2 aromatic rings. The molecular weight excluding hydrogens is 294 g/mol. The fraction of sp³-hybridized carbons (Fsp3) is 0.294. The van der Waals surface area contributed by atoms with Crippen molar-refractivity contribution in [3.05, 3.63) is 48.2 Å². The summed E-state index contributed by atoms with van der Waals surface area (Å²) in [5.74, 6) is -0.914. The van der Waals surface area contributed by atoms with E-state index < -0.39 is 11.9 Å². The third-order valence-electron chi connectivity index (χ3n) is 3.68. The van der Waals surface area contributed by atoms with E-state index in [1.807, 2.05) is 43.4 Å². The molecule has 0 spiro atoms. The molecule has 0 aliphatic carbocycles. The fourth-order valence-electron chi connectivity index (χ4n) is 2.39. The van der Waals surface area contributed by atoms with Crippen molar-refractivity contribution in [2.45, 2.75) is 12.5 Å². The van der Waals surface area contributed by atoms with E-state index in [0.29, 0.717) is 18.7 Å². The van der Waals surface area contributed by atoms with Gasteiger partial charge >= 0.3 is 0 Å². The molecule has 0 bridgehead atoms. The van der Waals surface area contributed by atoms with Gasteiger partial charge in [-0.15, -0.1) is 0 Å². The maximum Gasteiger partial charge on any atom is 0.268 e. The molecule has 0 fully saturated rings. The zero-order valence-corrected chi connectivity index (χ0v) is 13.3. The van der Waals surface area contributed by atoms with Crippen LogP contribution in [0.5, 0.6) is 0 Å². The SMILES string of the molecule is COCC[C@@H](NC(=O)c1ccc(-c2ccccc2)n1C)C(N)=O. The van der Waals surface area contributed by atoms with Crippen LogP contribution in [0.15, 0.2) is 42.5 Å². The van der Waals surface area contributed by atoms with Crippen molar-refractivity contribution in [1.82, 2.24) is 9.88 Å². The lowest BCUT2D eigenvalue weighted by atomic mass is 10.2. The highest BCUT2D eigenvalue weighted by Gasteiger charge is 2.21. The normalized spacial score (nSPS) is 11.9. The molecule has 122 valence electrons. The molecule has 6 heteroatoms. The summed E-state index contributed by atoms with van der Waals surface area (Å²) in [5.41, 5.74) is 7.72. The molecule has 1 aromatic carbocycles. The number of hydrogen-bond donors (Lipinski definition) is 2. The Bertz CT molecular complexity index is 680. The molecule has 2 rings (SSSR count). The van der Waals surface area contributed by atoms with Crippen molar-refractivity contribution in [2.24, 2.45) is 12.8 Å². The van der Waals surface area contributed by atoms with Gasteiger partial charge in [0.05, 0.1) is 0 Å². The van der Waals surface area contributed by atoms with Crippen LogP contribution in [0.25, 0.3) is 11.3 Å². The highest BCUT2D eigenvalue weighted by Crippen LogP contribution is 2.21. The molecule has 1 aromatic heterocycles. The Balaban J connectivity index is 2.17. The highest BCUT2D eigenvalue weighted by molar-refractivity contribution is 5.97. The van der Waals surface area contributed by atoms with E-state index in [0.717, 1.165) is 11.3 Å². The van der Waals surface area contributed by atoms with Crippen LogP contribution >= 0.6 is 0 Å². The maximum atomic E-state index is 12.4. The van der Waals surface area contributed by atoms with Gasteiger partial charge in [-0.1, -0.05) is 30.3 Å². The first-order valence-corrected chi connectivity index (χ1v) is 7.35. The first-order chi connectivity index (χ1) is 11.0. The van der Waals surface area contributed by atoms with E-state index in [4.69, 9.17) is 10.5 Å².